The maximum Gasteiger partial charge on any atom is -0.0153 e. The lowest BCUT2D eigenvalue weighted by Crippen LogP contribution is -2.19. The zero-order valence-corrected chi connectivity index (χ0v) is 11.1. The molecule has 1 aliphatic rings. The first kappa shape index (κ1) is 12.9. The average molecular weight is 238 g/mol. The monoisotopic (exact) mass is 238 g/mol. The fourth-order valence-corrected chi connectivity index (χ4v) is 2.86. The molecule has 0 bridgehead atoms. The number of allylic oxidation sites excluding steroid dienone is 5. The molecule has 94 valence electrons. The molecule has 0 radical (unpaired) electrons. The molecule has 0 saturated heterocycles. The van der Waals surface area contributed by atoms with Crippen molar-refractivity contribution in [2.45, 2.75) is 25.7 Å². The predicted octanol–water partition coefficient (Wildman–Crippen LogP) is 5.11. The fraction of sp³-hybridized carbons (Fsp3) is 0.333. The Morgan fingerprint density at radius 3 is 2.67 bits per heavy atom. The van der Waals surface area contributed by atoms with Crippen molar-refractivity contribution in [2.24, 2.45) is 11.8 Å². The molecule has 3 unspecified atom stereocenters. The van der Waals surface area contributed by atoms with Gasteiger partial charge in [-0.25, -0.2) is 0 Å². The second kappa shape index (κ2) is 6.39. The zero-order valence-electron chi connectivity index (χ0n) is 11.1. The van der Waals surface area contributed by atoms with Crippen LogP contribution >= 0.6 is 0 Å². The Kier molecular flexibility index (Phi) is 4.58. The third-order valence-electron chi connectivity index (χ3n) is 3.97. The predicted molar refractivity (Wildman–Crippen MR) is 79.5 cm³/mol. The van der Waals surface area contributed by atoms with Gasteiger partial charge in [0.1, 0.15) is 0 Å². The van der Waals surface area contributed by atoms with E-state index in [0.29, 0.717) is 17.8 Å². The smallest absolute Gasteiger partial charge is 0.0153 e. The van der Waals surface area contributed by atoms with E-state index in [1.807, 2.05) is 0 Å². The van der Waals surface area contributed by atoms with Crippen LogP contribution in [0.1, 0.15) is 31.2 Å². The molecule has 3 atom stereocenters. The Bertz CT molecular complexity index is 425. The maximum absolute atomic E-state index is 3.93. The summed E-state index contributed by atoms with van der Waals surface area (Å²) in [5, 5.41) is 0. The Labute approximate surface area is 111 Å². The second-order valence-corrected chi connectivity index (χ2v) is 5.10. The van der Waals surface area contributed by atoms with E-state index in [1.54, 1.807) is 0 Å². The van der Waals surface area contributed by atoms with E-state index in [-0.39, 0.29) is 0 Å². The number of rotatable bonds is 5. The Morgan fingerprint density at radius 1 is 1.28 bits per heavy atom. The summed E-state index contributed by atoms with van der Waals surface area (Å²) in [6.07, 6.45) is 13.3. The second-order valence-electron chi connectivity index (χ2n) is 5.10. The van der Waals surface area contributed by atoms with Gasteiger partial charge < -0.3 is 0 Å². The van der Waals surface area contributed by atoms with Crippen LogP contribution < -0.4 is 0 Å². The molecule has 0 fully saturated rings. The number of hydrogen-bond acceptors (Lipinski definition) is 0. The summed E-state index contributed by atoms with van der Waals surface area (Å²) in [4.78, 5) is 0. The fourth-order valence-electron chi connectivity index (χ4n) is 2.86. The lowest BCUT2D eigenvalue weighted by Gasteiger charge is -2.30. The summed E-state index contributed by atoms with van der Waals surface area (Å²) in [6.45, 7) is 6.27. The van der Waals surface area contributed by atoms with Gasteiger partial charge in [0.25, 0.3) is 0 Å². The van der Waals surface area contributed by atoms with E-state index < -0.39 is 0 Å². The Morgan fingerprint density at radius 2 is 2.06 bits per heavy atom. The first-order chi connectivity index (χ1) is 8.83. The van der Waals surface area contributed by atoms with Crippen LogP contribution in [-0.4, -0.2) is 0 Å². The lowest BCUT2D eigenvalue weighted by molar-refractivity contribution is 0.344. The van der Waals surface area contributed by atoms with Crippen molar-refractivity contribution in [3.8, 4) is 0 Å². The van der Waals surface area contributed by atoms with Gasteiger partial charge in [-0.05, 0) is 36.2 Å². The standard InChI is InChI=1S/C18H22/c1-3-10-18(17-13-8-5-9-14-17)15(2)16-11-6-4-7-12-16/h3-9,11-13,15,17-18H,1,10,14H2,2H3. The minimum absolute atomic E-state index is 0.574. The molecule has 1 aromatic carbocycles. The molecule has 0 heteroatoms. The van der Waals surface area contributed by atoms with Crippen LogP contribution in [0.25, 0.3) is 0 Å². The van der Waals surface area contributed by atoms with Crippen molar-refractivity contribution in [3.63, 3.8) is 0 Å². The number of benzene rings is 1. The van der Waals surface area contributed by atoms with Gasteiger partial charge in [0, 0.05) is 0 Å². The summed E-state index contributed by atoms with van der Waals surface area (Å²) in [6, 6.07) is 10.8. The van der Waals surface area contributed by atoms with Gasteiger partial charge in [-0.15, -0.1) is 6.58 Å². The molecule has 0 aromatic heterocycles. The Hall–Kier alpha value is -1.56. The van der Waals surface area contributed by atoms with Crippen molar-refractivity contribution in [1.29, 1.82) is 0 Å². The quantitative estimate of drug-likeness (QED) is 0.625. The topological polar surface area (TPSA) is 0 Å². The van der Waals surface area contributed by atoms with Crippen molar-refractivity contribution in [2.75, 3.05) is 0 Å². The molecule has 1 aliphatic carbocycles. The summed E-state index contributed by atoms with van der Waals surface area (Å²) in [5.41, 5.74) is 1.44. The molecular weight excluding hydrogens is 216 g/mol. The van der Waals surface area contributed by atoms with Gasteiger partial charge in [-0.2, -0.15) is 0 Å². The van der Waals surface area contributed by atoms with E-state index in [4.69, 9.17) is 0 Å². The highest BCUT2D eigenvalue weighted by atomic mass is 14.3. The van der Waals surface area contributed by atoms with E-state index >= 15 is 0 Å². The maximum atomic E-state index is 3.93. The van der Waals surface area contributed by atoms with E-state index in [2.05, 4.69) is 74.2 Å². The molecule has 0 nitrogen and oxygen atoms in total. The first-order valence-electron chi connectivity index (χ1n) is 6.82. The molecule has 0 saturated carbocycles. The van der Waals surface area contributed by atoms with Gasteiger partial charge in [0.05, 0.1) is 0 Å². The van der Waals surface area contributed by atoms with Crippen LogP contribution in [0, 0.1) is 11.8 Å². The van der Waals surface area contributed by atoms with Crippen LogP contribution in [0.4, 0.5) is 0 Å². The molecule has 0 N–H and O–H groups in total. The van der Waals surface area contributed by atoms with Gasteiger partial charge in [-0.3, -0.25) is 0 Å². The van der Waals surface area contributed by atoms with Crippen LogP contribution in [0.15, 0.2) is 67.3 Å². The zero-order chi connectivity index (χ0) is 12.8. The van der Waals surface area contributed by atoms with E-state index in [1.165, 1.54) is 5.56 Å². The first-order valence-corrected chi connectivity index (χ1v) is 6.82. The normalized spacial score (nSPS) is 21.5. The van der Waals surface area contributed by atoms with E-state index in [9.17, 15) is 0 Å². The molecule has 0 heterocycles. The SMILES string of the molecule is C=CCC(C1C=CC=CC1)C(C)c1ccccc1. The summed E-state index contributed by atoms with van der Waals surface area (Å²) in [5.74, 6) is 1.86. The largest absolute Gasteiger partial charge is 0.103 e. The van der Waals surface area contributed by atoms with Crippen molar-refractivity contribution in [3.05, 3.63) is 72.9 Å². The molecule has 0 amide bonds. The van der Waals surface area contributed by atoms with Crippen LogP contribution in [0.5, 0.6) is 0 Å². The van der Waals surface area contributed by atoms with Gasteiger partial charge in [0.2, 0.25) is 0 Å². The summed E-state index contributed by atoms with van der Waals surface area (Å²) in [7, 11) is 0. The van der Waals surface area contributed by atoms with Crippen molar-refractivity contribution in [1.82, 2.24) is 0 Å². The molecular formula is C18H22. The van der Waals surface area contributed by atoms with Gasteiger partial charge in [-0.1, -0.05) is 67.6 Å². The minimum Gasteiger partial charge on any atom is -0.103 e. The van der Waals surface area contributed by atoms with Crippen LogP contribution in [-0.2, 0) is 0 Å². The van der Waals surface area contributed by atoms with Crippen molar-refractivity contribution >= 4 is 0 Å². The van der Waals surface area contributed by atoms with Crippen molar-refractivity contribution < 1.29 is 0 Å². The highest BCUT2D eigenvalue weighted by Gasteiger charge is 2.24. The molecule has 1 aromatic rings. The third kappa shape index (κ3) is 3.01. The molecule has 2 rings (SSSR count). The lowest BCUT2D eigenvalue weighted by atomic mass is 9.74. The van der Waals surface area contributed by atoms with Gasteiger partial charge in [0.15, 0.2) is 0 Å². The Balaban J connectivity index is 2.16. The van der Waals surface area contributed by atoms with E-state index in [0.717, 1.165) is 12.8 Å². The molecule has 0 aliphatic heterocycles. The minimum atomic E-state index is 0.574. The molecule has 18 heavy (non-hydrogen) atoms. The molecule has 0 spiro atoms. The van der Waals surface area contributed by atoms with Crippen LogP contribution in [0.3, 0.4) is 0 Å². The summed E-state index contributed by atoms with van der Waals surface area (Å²) < 4.78 is 0. The summed E-state index contributed by atoms with van der Waals surface area (Å²) >= 11 is 0. The highest BCUT2D eigenvalue weighted by Crippen LogP contribution is 2.36. The third-order valence-corrected chi connectivity index (χ3v) is 3.97. The average Bonchev–Trinajstić information content (AvgIpc) is 2.46. The van der Waals surface area contributed by atoms with Crippen LogP contribution in [0.2, 0.25) is 0 Å². The van der Waals surface area contributed by atoms with Gasteiger partial charge >= 0.3 is 0 Å². The highest BCUT2D eigenvalue weighted by molar-refractivity contribution is 5.22. The number of hydrogen-bond donors (Lipinski definition) is 0.